The molecule has 1 fully saturated rings. The molecule has 26 heavy (non-hydrogen) atoms. The first kappa shape index (κ1) is 18.0. The molecular formula is C20H17F3O3. The number of esters is 1. The van der Waals surface area contributed by atoms with Crippen LogP contribution in [0.2, 0.25) is 0 Å². The largest absolute Gasteiger partial charge is 0.476 e. The van der Waals surface area contributed by atoms with Crippen LogP contribution >= 0.6 is 0 Å². The molecule has 1 saturated heterocycles. The molecular weight excluding hydrogens is 345 g/mol. The predicted octanol–water partition coefficient (Wildman–Crippen LogP) is 4.74. The van der Waals surface area contributed by atoms with Crippen LogP contribution in [0.3, 0.4) is 0 Å². The SMILES string of the molecule is C[C@H]1/C(=C/C(=O)OCc2ccccc2)OC1(c1ccccc1)C(F)(F)F. The molecule has 0 spiro atoms. The fraction of sp³-hybridized carbons (Fsp3) is 0.250. The molecule has 1 aliphatic rings. The molecule has 136 valence electrons. The van der Waals surface area contributed by atoms with Crippen molar-refractivity contribution in [1.29, 1.82) is 0 Å². The summed E-state index contributed by atoms with van der Waals surface area (Å²) < 4.78 is 51.3. The summed E-state index contributed by atoms with van der Waals surface area (Å²) in [5.41, 5.74) is -1.65. The maximum Gasteiger partial charge on any atom is 0.433 e. The van der Waals surface area contributed by atoms with Gasteiger partial charge in [0.1, 0.15) is 12.4 Å². The standard InChI is InChI=1S/C20H17F3O3/c1-14-17(12-18(24)25-13-15-8-4-2-5-9-15)26-19(14,20(21,22)23)16-10-6-3-7-11-16/h2-12,14H,13H2,1H3/b17-12-/t14-,19?/m0/s1. The quantitative estimate of drug-likeness (QED) is 0.582. The van der Waals surface area contributed by atoms with Gasteiger partial charge in [-0.25, -0.2) is 4.79 Å². The fourth-order valence-electron chi connectivity index (χ4n) is 3.01. The molecule has 3 rings (SSSR count). The van der Waals surface area contributed by atoms with Crippen LogP contribution in [-0.4, -0.2) is 12.1 Å². The van der Waals surface area contributed by atoms with E-state index in [2.05, 4.69) is 0 Å². The van der Waals surface area contributed by atoms with Crippen LogP contribution in [0, 0.1) is 5.92 Å². The average Bonchev–Trinajstić information content (AvgIpc) is 2.63. The van der Waals surface area contributed by atoms with Gasteiger partial charge in [-0.2, -0.15) is 13.2 Å². The first-order chi connectivity index (χ1) is 12.3. The Morgan fingerprint density at radius 3 is 2.23 bits per heavy atom. The zero-order valence-electron chi connectivity index (χ0n) is 14.0. The van der Waals surface area contributed by atoms with E-state index in [1.165, 1.54) is 31.2 Å². The van der Waals surface area contributed by atoms with E-state index in [0.29, 0.717) is 0 Å². The number of alkyl halides is 3. The van der Waals surface area contributed by atoms with Gasteiger partial charge >= 0.3 is 12.1 Å². The maximum atomic E-state index is 13.7. The normalized spacial score (nSPS) is 23.8. The second-order valence-electron chi connectivity index (χ2n) is 6.06. The van der Waals surface area contributed by atoms with E-state index in [-0.39, 0.29) is 17.9 Å². The van der Waals surface area contributed by atoms with Crippen molar-refractivity contribution in [3.8, 4) is 0 Å². The summed E-state index contributed by atoms with van der Waals surface area (Å²) in [7, 11) is 0. The summed E-state index contributed by atoms with van der Waals surface area (Å²) in [6.07, 6.45) is -3.63. The monoisotopic (exact) mass is 362 g/mol. The zero-order chi connectivity index (χ0) is 18.8. The van der Waals surface area contributed by atoms with Gasteiger partial charge in [-0.05, 0) is 5.56 Å². The first-order valence-electron chi connectivity index (χ1n) is 8.08. The van der Waals surface area contributed by atoms with E-state index < -0.39 is 23.7 Å². The van der Waals surface area contributed by atoms with Crippen LogP contribution in [0.25, 0.3) is 0 Å². The van der Waals surface area contributed by atoms with Crippen LogP contribution in [0.4, 0.5) is 13.2 Å². The van der Waals surface area contributed by atoms with Crippen molar-refractivity contribution in [1.82, 2.24) is 0 Å². The topological polar surface area (TPSA) is 35.5 Å². The van der Waals surface area contributed by atoms with E-state index in [1.807, 2.05) is 6.07 Å². The van der Waals surface area contributed by atoms with Crippen molar-refractivity contribution in [3.63, 3.8) is 0 Å². The zero-order valence-corrected chi connectivity index (χ0v) is 14.0. The van der Waals surface area contributed by atoms with E-state index in [4.69, 9.17) is 9.47 Å². The second-order valence-corrected chi connectivity index (χ2v) is 6.06. The summed E-state index contributed by atoms with van der Waals surface area (Å²) in [6.45, 7) is 1.43. The van der Waals surface area contributed by atoms with Gasteiger partial charge in [0.15, 0.2) is 0 Å². The van der Waals surface area contributed by atoms with E-state index in [1.54, 1.807) is 30.3 Å². The summed E-state index contributed by atoms with van der Waals surface area (Å²) in [5, 5.41) is 0. The summed E-state index contributed by atoms with van der Waals surface area (Å²) >= 11 is 0. The number of hydrogen-bond donors (Lipinski definition) is 0. The van der Waals surface area contributed by atoms with Crippen molar-refractivity contribution in [2.24, 2.45) is 5.92 Å². The van der Waals surface area contributed by atoms with Gasteiger partial charge in [-0.3, -0.25) is 0 Å². The Labute approximate surface area is 149 Å². The Bertz CT molecular complexity index is 800. The molecule has 0 saturated carbocycles. The lowest BCUT2D eigenvalue weighted by atomic mass is 9.75. The number of hydrogen-bond acceptors (Lipinski definition) is 3. The van der Waals surface area contributed by atoms with Gasteiger partial charge in [0.2, 0.25) is 5.60 Å². The molecule has 1 heterocycles. The summed E-state index contributed by atoms with van der Waals surface area (Å²) in [6, 6.07) is 16.4. The number of halogens is 3. The van der Waals surface area contributed by atoms with Crippen molar-refractivity contribution in [2.45, 2.75) is 25.3 Å². The fourth-order valence-corrected chi connectivity index (χ4v) is 3.01. The Hall–Kier alpha value is -2.76. The van der Waals surface area contributed by atoms with Crippen molar-refractivity contribution >= 4 is 5.97 Å². The molecule has 1 aliphatic heterocycles. The van der Waals surface area contributed by atoms with Gasteiger partial charge in [-0.15, -0.1) is 0 Å². The third kappa shape index (κ3) is 3.19. The lowest BCUT2D eigenvalue weighted by Gasteiger charge is -2.50. The molecule has 0 aromatic heterocycles. The van der Waals surface area contributed by atoms with E-state index >= 15 is 0 Å². The maximum absolute atomic E-state index is 13.7. The Morgan fingerprint density at radius 2 is 1.69 bits per heavy atom. The molecule has 0 amide bonds. The van der Waals surface area contributed by atoms with E-state index in [0.717, 1.165) is 11.6 Å². The number of ether oxygens (including phenoxy) is 2. The third-order valence-corrected chi connectivity index (χ3v) is 4.42. The molecule has 3 nitrogen and oxygen atoms in total. The Balaban J connectivity index is 1.74. The minimum absolute atomic E-state index is 0.00908. The van der Waals surface area contributed by atoms with Gasteiger partial charge in [0, 0.05) is 5.56 Å². The van der Waals surface area contributed by atoms with E-state index in [9.17, 15) is 18.0 Å². The predicted molar refractivity (Wildman–Crippen MR) is 88.7 cm³/mol. The number of carbonyl (C=O) groups excluding carboxylic acids is 1. The molecule has 2 aromatic carbocycles. The van der Waals surface area contributed by atoms with Crippen LogP contribution in [0.5, 0.6) is 0 Å². The lowest BCUT2D eigenvalue weighted by Crippen LogP contribution is -2.58. The van der Waals surface area contributed by atoms with Crippen molar-refractivity contribution in [3.05, 3.63) is 83.6 Å². The van der Waals surface area contributed by atoms with Crippen LogP contribution in [0.1, 0.15) is 18.1 Å². The summed E-state index contributed by atoms with van der Waals surface area (Å²) in [4.78, 5) is 11.9. The van der Waals surface area contributed by atoms with Crippen LogP contribution in [0.15, 0.2) is 72.5 Å². The third-order valence-electron chi connectivity index (χ3n) is 4.42. The lowest BCUT2D eigenvalue weighted by molar-refractivity contribution is -0.332. The van der Waals surface area contributed by atoms with Crippen LogP contribution in [-0.2, 0) is 26.5 Å². The first-order valence-corrected chi connectivity index (χ1v) is 8.08. The molecule has 0 aliphatic carbocycles. The Kier molecular flexibility index (Phi) is 4.76. The van der Waals surface area contributed by atoms with Crippen molar-refractivity contribution < 1.29 is 27.4 Å². The number of rotatable bonds is 4. The summed E-state index contributed by atoms with van der Waals surface area (Å²) in [5.74, 6) is -1.81. The highest BCUT2D eigenvalue weighted by Crippen LogP contribution is 2.58. The number of benzene rings is 2. The molecule has 2 aromatic rings. The molecule has 0 N–H and O–H groups in total. The van der Waals surface area contributed by atoms with Crippen LogP contribution < -0.4 is 0 Å². The Morgan fingerprint density at radius 1 is 1.12 bits per heavy atom. The highest BCUT2D eigenvalue weighted by atomic mass is 19.4. The minimum atomic E-state index is -4.61. The number of carbonyl (C=O) groups is 1. The minimum Gasteiger partial charge on any atom is -0.476 e. The second kappa shape index (κ2) is 6.86. The van der Waals surface area contributed by atoms with Gasteiger partial charge in [0.05, 0.1) is 12.0 Å². The molecule has 1 unspecified atom stereocenters. The molecule has 0 bridgehead atoms. The van der Waals surface area contributed by atoms with Gasteiger partial charge in [0.25, 0.3) is 0 Å². The average molecular weight is 362 g/mol. The van der Waals surface area contributed by atoms with Crippen molar-refractivity contribution in [2.75, 3.05) is 0 Å². The highest BCUT2D eigenvalue weighted by Gasteiger charge is 2.69. The van der Waals surface area contributed by atoms with Gasteiger partial charge < -0.3 is 9.47 Å². The molecule has 2 atom stereocenters. The molecule has 0 radical (unpaired) electrons. The smallest absolute Gasteiger partial charge is 0.433 e. The van der Waals surface area contributed by atoms with Gasteiger partial charge in [-0.1, -0.05) is 67.6 Å². The molecule has 6 heteroatoms. The highest BCUT2D eigenvalue weighted by molar-refractivity contribution is 5.82.